The van der Waals surface area contributed by atoms with E-state index in [2.05, 4.69) is 0 Å². The van der Waals surface area contributed by atoms with E-state index in [1.165, 1.54) is 26.4 Å². The lowest BCUT2D eigenvalue weighted by Crippen LogP contribution is -2.46. The fourth-order valence-electron chi connectivity index (χ4n) is 3.37. The standard InChI is InChI=1S/C20H32N2O6/c1-7-15(8-2)21(16(9-3)10-4)20(23)28-13-14-11-18(26-5)19(27-6)12-17(14)22(24)25/h11-12,15-16H,7-10,13H2,1-6H3. The van der Waals surface area contributed by atoms with Crippen molar-refractivity contribution in [1.29, 1.82) is 0 Å². The van der Waals surface area contributed by atoms with E-state index in [1.54, 1.807) is 4.90 Å². The summed E-state index contributed by atoms with van der Waals surface area (Å²) in [7, 11) is 2.85. The lowest BCUT2D eigenvalue weighted by Gasteiger charge is -2.36. The number of methoxy groups -OCH3 is 2. The first-order chi connectivity index (χ1) is 13.4. The molecule has 8 nitrogen and oxygen atoms in total. The minimum Gasteiger partial charge on any atom is -0.493 e. The summed E-state index contributed by atoms with van der Waals surface area (Å²) in [5.74, 6) is 0.593. The zero-order valence-corrected chi connectivity index (χ0v) is 17.7. The molecule has 0 N–H and O–H groups in total. The first-order valence-corrected chi connectivity index (χ1v) is 9.72. The number of ether oxygens (including phenoxy) is 3. The Morgan fingerprint density at radius 1 is 1.00 bits per heavy atom. The molecule has 0 unspecified atom stereocenters. The molecule has 0 aliphatic rings. The van der Waals surface area contributed by atoms with Gasteiger partial charge in [-0.2, -0.15) is 0 Å². The number of carbonyl (C=O) groups is 1. The van der Waals surface area contributed by atoms with E-state index in [4.69, 9.17) is 14.2 Å². The molecular formula is C20H32N2O6. The largest absolute Gasteiger partial charge is 0.493 e. The fraction of sp³-hybridized carbons (Fsp3) is 0.650. The maximum atomic E-state index is 12.9. The number of carbonyl (C=O) groups excluding carboxylic acids is 1. The summed E-state index contributed by atoms with van der Waals surface area (Å²) < 4.78 is 15.8. The van der Waals surface area contributed by atoms with Gasteiger partial charge in [0.25, 0.3) is 5.69 Å². The van der Waals surface area contributed by atoms with Crippen molar-refractivity contribution in [3.63, 3.8) is 0 Å². The predicted octanol–water partition coefficient (Wildman–Crippen LogP) is 4.93. The van der Waals surface area contributed by atoms with Gasteiger partial charge in [0.15, 0.2) is 11.5 Å². The molecule has 1 amide bonds. The lowest BCUT2D eigenvalue weighted by molar-refractivity contribution is -0.385. The van der Waals surface area contributed by atoms with Gasteiger partial charge in [-0.1, -0.05) is 27.7 Å². The topological polar surface area (TPSA) is 91.1 Å². The second kappa shape index (κ2) is 11.4. The van der Waals surface area contributed by atoms with Gasteiger partial charge in [-0.15, -0.1) is 0 Å². The zero-order chi connectivity index (χ0) is 21.3. The lowest BCUT2D eigenvalue weighted by atomic mass is 10.0. The van der Waals surface area contributed by atoms with Crippen LogP contribution in [0.5, 0.6) is 11.5 Å². The molecule has 0 spiro atoms. The van der Waals surface area contributed by atoms with Crippen molar-refractivity contribution in [2.24, 2.45) is 0 Å². The molecule has 158 valence electrons. The van der Waals surface area contributed by atoms with E-state index in [0.717, 1.165) is 25.7 Å². The predicted molar refractivity (Wildman–Crippen MR) is 107 cm³/mol. The van der Waals surface area contributed by atoms with Gasteiger partial charge in [0.05, 0.1) is 30.8 Å². The van der Waals surface area contributed by atoms with Crippen molar-refractivity contribution in [3.8, 4) is 11.5 Å². The second-order valence-electron chi connectivity index (χ2n) is 6.50. The SMILES string of the molecule is CCC(CC)N(C(=O)OCc1cc(OC)c(OC)cc1[N+](=O)[O-])C(CC)CC. The van der Waals surface area contributed by atoms with E-state index in [-0.39, 0.29) is 35.7 Å². The number of amides is 1. The Bertz CT molecular complexity index is 644. The third-order valence-corrected chi connectivity index (χ3v) is 5.02. The molecule has 0 aliphatic heterocycles. The van der Waals surface area contributed by atoms with Gasteiger partial charge in [-0.25, -0.2) is 4.79 Å². The van der Waals surface area contributed by atoms with E-state index in [9.17, 15) is 14.9 Å². The van der Waals surface area contributed by atoms with Crippen molar-refractivity contribution < 1.29 is 23.9 Å². The Labute approximate surface area is 166 Å². The van der Waals surface area contributed by atoms with Crippen LogP contribution in [0.2, 0.25) is 0 Å². The summed E-state index contributed by atoms with van der Waals surface area (Å²) in [5.41, 5.74) is 0.0760. The van der Waals surface area contributed by atoms with E-state index < -0.39 is 11.0 Å². The average molecular weight is 396 g/mol. The number of hydrogen-bond acceptors (Lipinski definition) is 6. The van der Waals surface area contributed by atoms with Gasteiger partial charge in [0.1, 0.15) is 6.61 Å². The van der Waals surface area contributed by atoms with Crippen molar-refractivity contribution in [2.75, 3.05) is 14.2 Å². The third-order valence-electron chi connectivity index (χ3n) is 5.02. The molecule has 1 rings (SSSR count). The van der Waals surface area contributed by atoms with E-state index >= 15 is 0 Å². The molecule has 8 heteroatoms. The molecular weight excluding hydrogens is 364 g/mol. The molecule has 0 saturated carbocycles. The molecule has 0 bridgehead atoms. The number of rotatable bonds is 11. The second-order valence-corrected chi connectivity index (χ2v) is 6.50. The van der Waals surface area contributed by atoms with Crippen LogP contribution >= 0.6 is 0 Å². The maximum absolute atomic E-state index is 12.9. The van der Waals surface area contributed by atoms with Gasteiger partial charge in [-0.3, -0.25) is 10.1 Å². The summed E-state index contributed by atoms with van der Waals surface area (Å²) >= 11 is 0. The van der Waals surface area contributed by atoms with E-state index in [0.29, 0.717) is 5.75 Å². The van der Waals surface area contributed by atoms with Crippen molar-refractivity contribution in [1.82, 2.24) is 4.90 Å². The molecule has 0 radical (unpaired) electrons. The summed E-state index contributed by atoms with van der Waals surface area (Å²) in [6, 6.07) is 2.89. The van der Waals surface area contributed by atoms with Crippen LogP contribution in [0.3, 0.4) is 0 Å². The van der Waals surface area contributed by atoms with Crippen LogP contribution in [0.4, 0.5) is 10.5 Å². The van der Waals surface area contributed by atoms with Crippen molar-refractivity contribution >= 4 is 11.8 Å². The maximum Gasteiger partial charge on any atom is 0.410 e. The summed E-state index contributed by atoms with van der Waals surface area (Å²) in [5, 5.41) is 11.4. The Hall–Kier alpha value is -2.51. The zero-order valence-electron chi connectivity index (χ0n) is 17.7. The molecule has 0 aromatic heterocycles. The molecule has 0 fully saturated rings. The molecule has 0 heterocycles. The number of hydrogen-bond donors (Lipinski definition) is 0. The quantitative estimate of drug-likeness (QED) is 0.389. The molecule has 0 aliphatic carbocycles. The Morgan fingerprint density at radius 2 is 1.46 bits per heavy atom. The van der Waals surface area contributed by atoms with Crippen LogP contribution < -0.4 is 9.47 Å². The molecule has 0 saturated heterocycles. The number of nitro groups is 1. The monoisotopic (exact) mass is 396 g/mol. The van der Waals surface area contributed by atoms with Crippen molar-refractivity contribution in [3.05, 3.63) is 27.8 Å². The third kappa shape index (κ3) is 5.50. The van der Waals surface area contributed by atoms with Gasteiger partial charge >= 0.3 is 6.09 Å². The van der Waals surface area contributed by atoms with Gasteiger partial charge < -0.3 is 19.1 Å². The van der Waals surface area contributed by atoms with Crippen LogP contribution in [0.25, 0.3) is 0 Å². The molecule has 0 atom stereocenters. The van der Waals surface area contributed by atoms with Gasteiger partial charge in [0.2, 0.25) is 0 Å². The summed E-state index contributed by atoms with van der Waals surface area (Å²) in [4.78, 5) is 25.6. The highest BCUT2D eigenvalue weighted by Gasteiger charge is 2.29. The summed E-state index contributed by atoms with van der Waals surface area (Å²) in [6.45, 7) is 7.93. The van der Waals surface area contributed by atoms with Crippen LogP contribution in [0.1, 0.15) is 58.9 Å². The van der Waals surface area contributed by atoms with Crippen LogP contribution in [0.15, 0.2) is 12.1 Å². The number of nitrogens with zero attached hydrogens (tertiary/aromatic N) is 2. The highest BCUT2D eigenvalue weighted by Crippen LogP contribution is 2.35. The molecule has 1 aromatic rings. The van der Waals surface area contributed by atoms with E-state index in [1.807, 2.05) is 27.7 Å². The normalized spacial score (nSPS) is 10.9. The fourth-order valence-corrected chi connectivity index (χ4v) is 3.37. The minimum absolute atomic E-state index is 0.0674. The Morgan fingerprint density at radius 3 is 1.86 bits per heavy atom. The minimum atomic E-state index is -0.523. The molecule has 1 aromatic carbocycles. The highest BCUT2D eigenvalue weighted by atomic mass is 16.6. The van der Waals surface area contributed by atoms with Crippen LogP contribution in [0, 0.1) is 10.1 Å². The smallest absolute Gasteiger partial charge is 0.410 e. The van der Waals surface area contributed by atoms with Crippen LogP contribution in [-0.2, 0) is 11.3 Å². The summed E-state index contributed by atoms with van der Waals surface area (Å²) in [6.07, 6.45) is 2.82. The van der Waals surface area contributed by atoms with Crippen LogP contribution in [-0.4, -0.2) is 42.2 Å². The number of nitro benzene ring substituents is 1. The van der Waals surface area contributed by atoms with Gasteiger partial charge in [-0.05, 0) is 31.7 Å². The first kappa shape index (κ1) is 23.5. The Kier molecular flexibility index (Phi) is 9.55. The van der Waals surface area contributed by atoms with Gasteiger partial charge in [0, 0.05) is 12.1 Å². The Balaban J connectivity index is 3.13. The number of benzene rings is 1. The first-order valence-electron chi connectivity index (χ1n) is 9.72. The molecule has 28 heavy (non-hydrogen) atoms. The average Bonchev–Trinajstić information content (AvgIpc) is 2.71. The van der Waals surface area contributed by atoms with Crippen molar-refractivity contribution in [2.45, 2.75) is 72.1 Å². The highest BCUT2D eigenvalue weighted by molar-refractivity contribution is 5.69.